The third kappa shape index (κ3) is 1.07. The Morgan fingerprint density at radius 1 is 1.38 bits per heavy atom. The van der Waals surface area contributed by atoms with Gasteiger partial charge in [0.1, 0.15) is 4.83 Å². The summed E-state index contributed by atoms with van der Waals surface area (Å²) in [4.78, 5) is 10.8. The number of fused-ring (bicyclic) bond motifs is 3. The van der Waals surface area contributed by atoms with Crippen LogP contribution < -0.4 is 0 Å². The Balaban J connectivity index is 2.38. The van der Waals surface area contributed by atoms with Gasteiger partial charge in [-0.25, -0.2) is 9.97 Å². The minimum Gasteiger partial charge on any atom is -0.226 e. The molecular formula is C9H7ClN2S. The number of aryl methyl sites for hydroxylation is 2. The SMILES string of the molecule is Clc1ncc2c3c(sc2n1)CCC3. The third-order valence-corrected chi connectivity index (χ3v) is 3.82. The molecule has 0 atom stereocenters. The van der Waals surface area contributed by atoms with Crippen LogP contribution in [0.4, 0.5) is 0 Å². The summed E-state index contributed by atoms with van der Waals surface area (Å²) < 4.78 is 0. The minimum absolute atomic E-state index is 0.354. The van der Waals surface area contributed by atoms with Gasteiger partial charge in [0.25, 0.3) is 0 Å². The Bertz CT molecular complexity index is 478. The van der Waals surface area contributed by atoms with E-state index in [2.05, 4.69) is 9.97 Å². The molecular weight excluding hydrogens is 204 g/mol. The predicted molar refractivity (Wildman–Crippen MR) is 54.5 cm³/mol. The van der Waals surface area contributed by atoms with E-state index in [4.69, 9.17) is 11.6 Å². The van der Waals surface area contributed by atoms with Crippen molar-refractivity contribution >= 4 is 33.2 Å². The molecule has 2 aromatic rings. The number of thiophene rings is 1. The Morgan fingerprint density at radius 3 is 3.23 bits per heavy atom. The van der Waals surface area contributed by atoms with E-state index in [1.165, 1.54) is 35.1 Å². The lowest BCUT2D eigenvalue weighted by molar-refractivity contribution is 0.917. The zero-order valence-corrected chi connectivity index (χ0v) is 8.45. The summed E-state index contributed by atoms with van der Waals surface area (Å²) in [6.45, 7) is 0. The zero-order chi connectivity index (χ0) is 8.84. The molecule has 2 heterocycles. The highest BCUT2D eigenvalue weighted by Gasteiger charge is 2.18. The molecule has 0 unspecified atom stereocenters. The normalized spacial score (nSPS) is 15.2. The van der Waals surface area contributed by atoms with E-state index < -0.39 is 0 Å². The third-order valence-electron chi connectivity index (χ3n) is 2.44. The first-order valence-corrected chi connectivity index (χ1v) is 5.47. The van der Waals surface area contributed by atoms with Gasteiger partial charge in [-0.15, -0.1) is 11.3 Å². The molecule has 0 N–H and O–H groups in total. The lowest BCUT2D eigenvalue weighted by Crippen LogP contribution is -1.82. The van der Waals surface area contributed by atoms with Crippen LogP contribution in [0.1, 0.15) is 16.9 Å². The standard InChI is InChI=1S/C9H7ClN2S/c10-9-11-4-6-5-2-1-3-7(5)13-8(6)12-9/h4H,1-3H2. The summed E-state index contributed by atoms with van der Waals surface area (Å²) >= 11 is 7.49. The average Bonchev–Trinajstić information content (AvgIpc) is 2.62. The molecule has 2 nitrogen and oxygen atoms in total. The van der Waals surface area contributed by atoms with E-state index in [9.17, 15) is 0 Å². The van der Waals surface area contributed by atoms with Crippen molar-refractivity contribution in [2.45, 2.75) is 19.3 Å². The van der Waals surface area contributed by atoms with Crippen molar-refractivity contribution in [2.24, 2.45) is 0 Å². The second kappa shape index (κ2) is 2.66. The van der Waals surface area contributed by atoms with Crippen LogP contribution >= 0.6 is 22.9 Å². The Labute approximate surface area is 84.6 Å². The quantitative estimate of drug-likeness (QED) is 0.625. The minimum atomic E-state index is 0.354. The Morgan fingerprint density at radius 2 is 2.31 bits per heavy atom. The highest BCUT2D eigenvalue weighted by atomic mass is 35.5. The zero-order valence-electron chi connectivity index (χ0n) is 6.88. The predicted octanol–water partition coefficient (Wildman–Crippen LogP) is 2.83. The smallest absolute Gasteiger partial charge is 0.223 e. The molecule has 0 spiro atoms. The van der Waals surface area contributed by atoms with Gasteiger partial charge >= 0.3 is 0 Å². The molecule has 0 radical (unpaired) electrons. The largest absolute Gasteiger partial charge is 0.226 e. The fourth-order valence-corrected chi connectivity index (χ4v) is 3.28. The van der Waals surface area contributed by atoms with Crippen molar-refractivity contribution in [3.8, 4) is 0 Å². The van der Waals surface area contributed by atoms with Crippen molar-refractivity contribution in [1.82, 2.24) is 9.97 Å². The maximum absolute atomic E-state index is 5.73. The van der Waals surface area contributed by atoms with Gasteiger partial charge in [0.05, 0.1) is 0 Å². The number of aromatic nitrogens is 2. The summed E-state index contributed by atoms with van der Waals surface area (Å²) in [5.41, 5.74) is 1.46. The first-order chi connectivity index (χ1) is 6.34. The van der Waals surface area contributed by atoms with Gasteiger partial charge < -0.3 is 0 Å². The van der Waals surface area contributed by atoms with Crippen LogP contribution in [0.5, 0.6) is 0 Å². The van der Waals surface area contributed by atoms with Crippen LogP contribution in [0.3, 0.4) is 0 Å². The van der Waals surface area contributed by atoms with Crippen molar-refractivity contribution < 1.29 is 0 Å². The van der Waals surface area contributed by atoms with Crippen LogP contribution in [0, 0.1) is 0 Å². The van der Waals surface area contributed by atoms with Crippen LogP contribution in [-0.4, -0.2) is 9.97 Å². The molecule has 0 amide bonds. The summed E-state index contributed by atoms with van der Waals surface area (Å²) in [6.07, 6.45) is 5.51. The summed E-state index contributed by atoms with van der Waals surface area (Å²) in [5, 5.41) is 1.56. The lowest BCUT2D eigenvalue weighted by atomic mass is 10.2. The molecule has 66 valence electrons. The van der Waals surface area contributed by atoms with Gasteiger partial charge in [-0.3, -0.25) is 0 Å². The maximum atomic E-state index is 5.73. The molecule has 0 fully saturated rings. The number of hydrogen-bond donors (Lipinski definition) is 0. The molecule has 4 heteroatoms. The highest BCUT2D eigenvalue weighted by molar-refractivity contribution is 7.18. The van der Waals surface area contributed by atoms with Gasteiger partial charge in [-0.2, -0.15) is 0 Å². The number of nitrogens with zero attached hydrogens (tertiary/aromatic N) is 2. The first-order valence-electron chi connectivity index (χ1n) is 4.27. The van der Waals surface area contributed by atoms with Gasteiger partial charge in [0.15, 0.2) is 0 Å². The second-order valence-corrected chi connectivity index (χ2v) is 4.64. The second-order valence-electron chi connectivity index (χ2n) is 3.22. The monoisotopic (exact) mass is 210 g/mol. The van der Waals surface area contributed by atoms with Gasteiger partial charge in [-0.05, 0) is 36.4 Å². The van der Waals surface area contributed by atoms with Gasteiger partial charge in [-0.1, -0.05) is 0 Å². The number of halogens is 1. The molecule has 1 aliphatic rings. The molecule has 2 aromatic heterocycles. The molecule has 0 saturated carbocycles. The average molecular weight is 211 g/mol. The Kier molecular flexibility index (Phi) is 1.58. The van der Waals surface area contributed by atoms with Crippen molar-refractivity contribution in [1.29, 1.82) is 0 Å². The molecule has 0 aromatic carbocycles. The Hall–Kier alpha value is -0.670. The highest BCUT2D eigenvalue weighted by Crippen LogP contribution is 2.36. The van der Waals surface area contributed by atoms with Gasteiger partial charge in [0, 0.05) is 16.5 Å². The van der Waals surface area contributed by atoms with Gasteiger partial charge in [0.2, 0.25) is 5.28 Å². The number of hydrogen-bond acceptors (Lipinski definition) is 3. The molecule has 13 heavy (non-hydrogen) atoms. The summed E-state index contributed by atoms with van der Waals surface area (Å²) in [6, 6.07) is 0. The summed E-state index contributed by atoms with van der Waals surface area (Å²) in [7, 11) is 0. The topological polar surface area (TPSA) is 25.8 Å². The molecule has 0 aliphatic heterocycles. The first kappa shape index (κ1) is 7.71. The molecule has 0 saturated heterocycles. The van der Waals surface area contributed by atoms with E-state index in [1.54, 1.807) is 11.3 Å². The fraction of sp³-hybridized carbons (Fsp3) is 0.333. The van der Waals surface area contributed by atoms with Crippen LogP contribution in [0.15, 0.2) is 6.20 Å². The lowest BCUT2D eigenvalue weighted by Gasteiger charge is -1.92. The van der Waals surface area contributed by atoms with Crippen molar-refractivity contribution in [3.63, 3.8) is 0 Å². The van der Waals surface area contributed by atoms with E-state index in [0.717, 1.165) is 4.83 Å². The molecule has 3 rings (SSSR count). The van der Waals surface area contributed by atoms with E-state index in [1.807, 2.05) is 6.20 Å². The molecule has 0 bridgehead atoms. The van der Waals surface area contributed by atoms with Crippen LogP contribution in [0.2, 0.25) is 5.28 Å². The van der Waals surface area contributed by atoms with Crippen LogP contribution in [-0.2, 0) is 12.8 Å². The number of rotatable bonds is 0. The summed E-state index contributed by atoms with van der Waals surface area (Å²) in [5.74, 6) is 0. The maximum Gasteiger partial charge on any atom is 0.223 e. The van der Waals surface area contributed by atoms with Crippen molar-refractivity contribution in [2.75, 3.05) is 0 Å². The fourth-order valence-electron chi connectivity index (χ4n) is 1.86. The van der Waals surface area contributed by atoms with Crippen molar-refractivity contribution in [3.05, 3.63) is 21.9 Å². The molecule has 1 aliphatic carbocycles. The van der Waals surface area contributed by atoms with E-state index in [-0.39, 0.29) is 0 Å². The van der Waals surface area contributed by atoms with E-state index >= 15 is 0 Å². The van der Waals surface area contributed by atoms with E-state index in [0.29, 0.717) is 5.28 Å². The van der Waals surface area contributed by atoms with Crippen LogP contribution in [0.25, 0.3) is 10.2 Å².